The standard InChI is InChI=1S/C20H23ClN4O2.2ClH/c21-18-13-15(1-2-19(18)27-17-3-6-22-7-4-17)20(26)25-10-5-16(14-25)24-11-8-23-9-12-24;;/h1-4,6-7,13,16,23H,5,8-12,14H2;2*1H. The first-order chi connectivity index (χ1) is 13.2. The van der Waals surface area contributed by atoms with E-state index in [0.29, 0.717) is 28.1 Å². The Labute approximate surface area is 188 Å². The topological polar surface area (TPSA) is 57.7 Å². The smallest absolute Gasteiger partial charge is 0.253 e. The number of rotatable bonds is 4. The molecule has 158 valence electrons. The van der Waals surface area contributed by atoms with Crippen LogP contribution in [-0.2, 0) is 0 Å². The lowest BCUT2D eigenvalue weighted by atomic mass is 10.2. The molecule has 2 aliphatic rings. The van der Waals surface area contributed by atoms with Crippen LogP contribution in [0.3, 0.4) is 0 Å². The van der Waals surface area contributed by atoms with Gasteiger partial charge in [0, 0.05) is 63.3 Å². The second-order valence-electron chi connectivity index (χ2n) is 6.91. The fraction of sp³-hybridized carbons (Fsp3) is 0.400. The summed E-state index contributed by atoms with van der Waals surface area (Å²) < 4.78 is 5.76. The van der Waals surface area contributed by atoms with Crippen molar-refractivity contribution in [3.8, 4) is 11.5 Å². The first kappa shape index (κ1) is 23.7. The molecule has 1 N–H and O–H groups in total. The van der Waals surface area contributed by atoms with Crippen LogP contribution in [0.25, 0.3) is 0 Å². The summed E-state index contributed by atoms with van der Waals surface area (Å²) in [5.41, 5.74) is 0.600. The number of amides is 1. The number of benzene rings is 1. The van der Waals surface area contributed by atoms with Crippen LogP contribution < -0.4 is 10.1 Å². The minimum atomic E-state index is 0. The molecule has 0 aliphatic carbocycles. The predicted molar refractivity (Wildman–Crippen MR) is 119 cm³/mol. The van der Waals surface area contributed by atoms with E-state index in [4.69, 9.17) is 16.3 Å². The van der Waals surface area contributed by atoms with Crippen LogP contribution >= 0.6 is 36.4 Å². The van der Waals surface area contributed by atoms with Crippen molar-refractivity contribution in [1.29, 1.82) is 0 Å². The van der Waals surface area contributed by atoms with E-state index in [2.05, 4.69) is 15.2 Å². The van der Waals surface area contributed by atoms with Crippen molar-refractivity contribution >= 4 is 42.3 Å². The molecule has 1 amide bonds. The number of aromatic nitrogens is 1. The molecular weight excluding hydrogens is 435 g/mol. The summed E-state index contributed by atoms with van der Waals surface area (Å²) in [5.74, 6) is 1.22. The van der Waals surface area contributed by atoms with Gasteiger partial charge in [-0.05, 0) is 36.8 Å². The van der Waals surface area contributed by atoms with Gasteiger partial charge in [0.2, 0.25) is 0 Å². The quantitative estimate of drug-likeness (QED) is 0.758. The lowest BCUT2D eigenvalue weighted by Gasteiger charge is -2.32. The number of hydrogen-bond acceptors (Lipinski definition) is 5. The maximum absolute atomic E-state index is 12.9. The molecule has 0 bridgehead atoms. The first-order valence-corrected chi connectivity index (χ1v) is 9.70. The highest BCUT2D eigenvalue weighted by molar-refractivity contribution is 6.32. The van der Waals surface area contributed by atoms with Crippen molar-refractivity contribution in [1.82, 2.24) is 20.1 Å². The van der Waals surface area contributed by atoms with E-state index in [0.717, 1.165) is 45.7 Å². The van der Waals surface area contributed by atoms with Crippen molar-refractivity contribution in [2.24, 2.45) is 0 Å². The van der Waals surface area contributed by atoms with Gasteiger partial charge in [0.15, 0.2) is 0 Å². The molecule has 1 atom stereocenters. The molecule has 0 radical (unpaired) electrons. The molecule has 6 nitrogen and oxygen atoms in total. The number of nitrogens with zero attached hydrogens (tertiary/aromatic N) is 3. The number of ether oxygens (including phenoxy) is 1. The monoisotopic (exact) mass is 458 g/mol. The Morgan fingerprint density at radius 2 is 1.83 bits per heavy atom. The Morgan fingerprint density at radius 3 is 2.52 bits per heavy atom. The lowest BCUT2D eigenvalue weighted by Crippen LogP contribution is -2.49. The van der Waals surface area contributed by atoms with Gasteiger partial charge >= 0.3 is 0 Å². The SMILES string of the molecule is Cl.Cl.O=C(c1ccc(Oc2ccncc2)c(Cl)c1)N1CCC(N2CCNCC2)C1. The van der Waals surface area contributed by atoms with Gasteiger partial charge in [-0.3, -0.25) is 14.7 Å². The molecule has 3 heterocycles. The molecule has 0 spiro atoms. The molecule has 1 unspecified atom stereocenters. The summed E-state index contributed by atoms with van der Waals surface area (Å²) in [6.45, 7) is 5.74. The van der Waals surface area contributed by atoms with Crippen LogP contribution in [0.15, 0.2) is 42.7 Å². The van der Waals surface area contributed by atoms with Crippen LogP contribution in [0.1, 0.15) is 16.8 Å². The minimum Gasteiger partial charge on any atom is -0.456 e. The number of likely N-dealkylation sites (tertiary alicyclic amines) is 1. The third-order valence-corrected chi connectivity index (χ3v) is 5.47. The number of carbonyl (C=O) groups excluding carboxylic acids is 1. The van der Waals surface area contributed by atoms with Gasteiger partial charge in [0.05, 0.1) is 5.02 Å². The van der Waals surface area contributed by atoms with Gasteiger partial charge in [-0.1, -0.05) is 11.6 Å². The van der Waals surface area contributed by atoms with Crippen molar-refractivity contribution < 1.29 is 9.53 Å². The summed E-state index contributed by atoms with van der Waals surface area (Å²) in [7, 11) is 0. The molecule has 2 fully saturated rings. The van der Waals surface area contributed by atoms with Gasteiger partial charge in [-0.2, -0.15) is 0 Å². The Balaban J connectivity index is 0.00000150. The molecule has 1 aromatic carbocycles. The second-order valence-corrected chi connectivity index (χ2v) is 7.32. The normalized spacial score (nSPS) is 19.2. The zero-order chi connectivity index (χ0) is 18.6. The van der Waals surface area contributed by atoms with Crippen molar-refractivity contribution in [2.75, 3.05) is 39.3 Å². The summed E-state index contributed by atoms with van der Waals surface area (Å²) in [5, 5.41) is 3.80. The zero-order valence-electron chi connectivity index (χ0n) is 15.9. The van der Waals surface area contributed by atoms with Crippen molar-refractivity contribution in [2.45, 2.75) is 12.5 Å². The van der Waals surface area contributed by atoms with E-state index in [1.807, 2.05) is 4.90 Å². The Kier molecular flexibility index (Phi) is 8.99. The van der Waals surface area contributed by atoms with E-state index < -0.39 is 0 Å². The van der Waals surface area contributed by atoms with E-state index >= 15 is 0 Å². The second kappa shape index (κ2) is 11.0. The highest BCUT2D eigenvalue weighted by Gasteiger charge is 2.31. The highest BCUT2D eigenvalue weighted by Crippen LogP contribution is 2.30. The summed E-state index contributed by atoms with van der Waals surface area (Å²) in [6.07, 6.45) is 4.34. The maximum Gasteiger partial charge on any atom is 0.253 e. The average molecular weight is 460 g/mol. The van der Waals surface area contributed by atoms with Gasteiger partial charge in [-0.15, -0.1) is 24.8 Å². The van der Waals surface area contributed by atoms with Crippen LogP contribution in [0.2, 0.25) is 5.02 Å². The Morgan fingerprint density at radius 1 is 1.10 bits per heavy atom. The molecule has 2 aromatic rings. The number of nitrogens with one attached hydrogen (secondary N) is 1. The lowest BCUT2D eigenvalue weighted by molar-refractivity contribution is 0.0773. The Bertz CT molecular complexity index is 804. The molecule has 29 heavy (non-hydrogen) atoms. The number of carbonyl (C=O) groups is 1. The first-order valence-electron chi connectivity index (χ1n) is 9.32. The fourth-order valence-corrected chi connectivity index (χ4v) is 3.92. The van der Waals surface area contributed by atoms with Crippen LogP contribution in [0, 0.1) is 0 Å². The molecule has 2 saturated heterocycles. The van der Waals surface area contributed by atoms with E-state index in [1.165, 1.54) is 0 Å². The molecule has 2 aliphatic heterocycles. The largest absolute Gasteiger partial charge is 0.456 e. The zero-order valence-corrected chi connectivity index (χ0v) is 18.3. The summed E-state index contributed by atoms with van der Waals surface area (Å²) in [4.78, 5) is 21.3. The number of hydrogen-bond donors (Lipinski definition) is 1. The maximum atomic E-state index is 12.9. The van der Waals surface area contributed by atoms with E-state index in [9.17, 15) is 4.79 Å². The van der Waals surface area contributed by atoms with E-state index in [-0.39, 0.29) is 30.7 Å². The van der Waals surface area contributed by atoms with Crippen molar-refractivity contribution in [3.05, 3.63) is 53.3 Å². The molecule has 1 aromatic heterocycles. The molecule has 9 heteroatoms. The van der Waals surface area contributed by atoms with Gasteiger partial charge < -0.3 is 15.0 Å². The number of pyridine rings is 1. The fourth-order valence-electron chi connectivity index (χ4n) is 3.70. The van der Waals surface area contributed by atoms with Gasteiger partial charge in [0.1, 0.15) is 11.5 Å². The third-order valence-electron chi connectivity index (χ3n) is 5.17. The number of halogens is 3. The Hall–Kier alpha value is -1.57. The highest BCUT2D eigenvalue weighted by atomic mass is 35.5. The summed E-state index contributed by atoms with van der Waals surface area (Å²) in [6, 6.07) is 9.20. The van der Waals surface area contributed by atoms with E-state index in [1.54, 1.807) is 42.7 Å². The molecule has 4 rings (SSSR count). The van der Waals surface area contributed by atoms with Crippen LogP contribution in [0.5, 0.6) is 11.5 Å². The minimum absolute atomic E-state index is 0. The van der Waals surface area contributed by atoms with Crippen molar-refractivity contribution in [3.63, 3.8) is 0 Å². The predicted octanol–water partition coefficient (Wildman–Crippen LogP) is 3.49. The third kappa shape index (κ3) is 5.74. The van der Waals surface area contributed by atoms with Gasteiger partial charge in [-0.25, -0.2) is 0 Å². The van der Waals surface area contributed by atoms with Gasteiger partial charge in [0.25, 0.3) is 5.91 Å². The van der Waals surface area contributed by atoms with Crippen LogP contribution in [-0.4, -0.2) is 66.0 Å². The molecule has 0 saturated carbocycles. The summed E-state index contributed by atoms with van der Waals surface area (Å²) >= 11 is 6.35. The average Bonchev–Trinajstić information content (AvgIpc) is 3.21. The molecular formula is C20H25Cl3N4O2. The van der Waals surface area contributed by atoms with Crippen LogP contribution in [0.4, 0.5) is 0 Å². The number of piperazine rings is 1.